The van der Waals surface area contributed by atoms with Crippen molar-refractivity contribution in [3.8, 4) is 34.5 Å². The molecule has 0 atom stereocenters. The fourth-order valence-electron chi connectivity index (χ4n) is 8.19. The van der Waals surface area contributed by atoms with Gasteiger partial charge in [0.15, 0.2) is 11.6 Å². The Kier molecular flexibility index (Phi) is 11.9. The van der Waals surface area contributed by atoms with Gasteiger partial charge in [0.25, 0.3) is 23.6 Å². The van der Waals surface area contributed by atoms with Crippen molar-refractivity contribution >= 4 is 35.3 Å². The highest BCUT2D eigenvalue weighted by Crippen LogP contribution is 2.45. The zero-order chi connectivity index (χ0) is 48.1. The lowest BCUT2D eigenvalue weighted by molar-refractivity contribution is 0.0640. The van der Waals surface area contributed by atoms with Crippen molar-refractivity contribution in [3.05, 3.63) is 130 Å². The van der Waals surface area contributed by atoms with Gasteiger partial charge < -0.3 is 39.4 Å². The molecule has 68 heavy (non-hydrogen) atoms. The van der Waals surface area contributed by atoms with E-state index in [4.69, 9.17) is 18.9 Å². The summed E-state index contributed by atoms with van der Waals surface area (Å²) in [6, 6.07) is 18.0. The maximum atomic E-state index is 14.7. The zero-order valence-electron chi connectivity index (χ0n) is 38.4. The molecule has 2 aromatic heterocycles. The summed E-state index contributed by atoms with van der Waals surface area (Å²) in [7, 11) is 3.51. The van der Waals surface area contributed by atoms with Crippen molar-refractivity contribution in [1.82, 2.24) is 29.4 Å². The van der Waals surface area contributed by atoms with E-state index < -0.39 is 28.7 Å². The number of carbonyl (C=O) groups is 4. The number of likely N-dealkylation sites (tertiary alicyclic amines) is 2. The number of aryl methyl sites for hydroxylation is 2. The van der Waals surface area contributed by atoms with E-state index in [1.54, 1.807) is 88.1 Å². The first kappa shape index (κ1) is 45.4. The number of nitrogens with one attached hydrogen (secondary N) is 2. The quantitative estimate of drug-likeness (QED) is 0.136. The molecule has 4 aromatic carbocycles. The molecule has 2 N–H and O–H groups in total. The molecule has 2 saturated heterocycles. The molecule has 16 nitrogen and oxygen atoms in total. The van der Waals surface area contributed by atoms with Crippen LogP contribution in [0.1, 0.15) is 93.1 Å². The summed E-state index contributed by atoms with van der Waals surface area (Å²) in [5.74, 6) is 0.491. The van der Waals surface area contributed by atoms with E-state index in [1.165, 1.54) is 30.3 Å². The first-order valence-electron chi connectivity index (χ1n) is 22.2. The van der Waals surface area contributed by atoms with Crippen LogP contribution < -0.4 is 29.6 Å². The molecule has 2 fully saturated rings. The zero-order valence-corrected chi connectivity index (χ0v) is 38.4. The van der Waals surface area contributed by atoms with Crippen LogP contribution in [0.4, 0.5) is 20.4 Å². The lowest BCUT2D eigenvalue weighted by atomic mass is 9.99. The van der Waals surface area contributed by atoms with Gasteiger partial charge >= 0.3 is 0 Å². The van der Waals surface area contributed by atoms with Crippen LogP contribution in [0, 0.1) is 11.6 Å². The number of nitrogens with zero attached hydrogens (tertiary/aromatic N) is 6. The number of aromatic nitrogens is 4. The number of ether oxygens (including phenoxy) is 4. The fraction of sp³-hybridized carbons (Fsp3) is 0.320. The molecular formula is C50H50F2N8O8. The van der Waals surface area contributed by atoms with E-state index in [1.807, 2.05) is 27.7 Å². The number of rotatable bonds is 10. The topological polar surface area (TPSA) is 171 Å². The lowest BCUT2D eigenvalue weighted by Gasteiger charge is -2.31. The number of carbonyl (C=O) groups excluding carboxylic acids is 4. The minimum atomic E-state index is -0.647. The number of fused-ring (bicyclic) bond motifs is 2. The second-order valence-corrected chi connectivity index (χ2v) is 18.4. The maximum absolute atomic E-state index is 14.7. The average molecular weight is 929 g/mol. The number of halogens is 2. The van der Waals surface area contributed by atoms with Gasteiger partial charge in [0.2, 0.25) is 0 Å². The van der Waals surface area contributed by atoms with E-state index in [0.717, 1.165) is 24.0 Å². The molecule has 6 heterocycles. The molecule has 6 aromatic rings. The van der Waals surface area contributed by atoms with Gasteiger partial charge in [0, 0.05) is 112 Å². The van der Waals surface area contributed by atoms with Crippen molar-refractivity contribution in [3.63, 3.8) is 0 Å². The Balaban J connectivity index is 0.000000170. The molecular weight excluding hydrogens is 879 g/mol. The minimum absolute atomic E-state index is 0.0187. The molecule has 352 valence electrons. The van der Waals surface area contributed by atoms with Crippen LogP contribution in [-0.4, -0.2) is 90.4 Å². The number of hydrogen-bond acceptors (Lipinski definition) is 10. The Morgan fingerprint density at radius 2 is 1.09 bits per heavy atom. The smallest absolute Gasteiger partial charge is 0.257 e. The first-order chi connectivity index (χ1) is 32.4. The monoisotopic (exact) mass is 928 g/mol. The van der Waals surface area contributed by atoms with Crippen molar-refractivity contribution < 1.29 is 46.9 Å². The average Bonchev–Trinajstić information content (AvgIpc) is 4.00. The molecule has 0 spiro atoms. The van der Waals surface area contributed by atoms with Gasteiger partial charge in [-0.1, -0.05) is 0 Å². The fourth-order valence-corrected chi connectivity index (χ4v) is 8.19. The van der Waals surface area contributed by atoms with Gasteiger partial charge in [-0.25, -0.2) is 8.78 Å². The van der Waals surface area contributed by atoms with Gasteiger partial charge in [0.05, 0.1) is 11.1 Å². The van der Waals surface area contributed by atoms with E-state index in [2.05, 4.69) is 20.8 Å². The second kappa shape index (κ2) is 17.8. The molecule has 4 aliphatic rings. The van der Waals surface area contributed by atoms with Gasteiger partial charge in [-0.2, -0.15) is 10.2 Å². The standard InChI is InChI=1S/2C25H25FN4O4/c1-25(2)14-18-20(33-16-5-6-17(19(26)13-16)24(32)30-8-4-9-30)11-15(12-21(18)34-25)23(31)27-22-7-10-29(3)28-22;1-25(2)14-18-19(33-20-13-16(26)5-6-17(20)24(32)30-8-4-9-30)11-15(12-21(18)34-25)23(31)27-22-7-10-29(3)28-22/h2*5-7,10-13H,4,8-9,14H2,1-3H3,(H,27,28,31). The van der Waals surface area contributed by atoms with Crippen molar-refractivity contribution in [2.24, 2.45) is 14.1 Å². The molecule has 4 amide bonds. The van der Waals surface area contributed by atoms with E-state index in [0.29, 0.717) is 84.8 Å². The summed E-state index contributed by atoms with van der Waals surface area (Å²) in [4.78, 5) is 54.4. The molecule has 0 bridgehead atoms. The van der Waals surface area contributed by atoms with Gasteiger partial charge in [-0.15, -0.1) is 0 Å². The third kappa shape index (κ3) is 9.70. The normalized spacial score (nSPS) is 15.8. The predicted molar refractivity (Wildman–Crippen MR) is 246 cm³/mol. The van der Waals surface area contributed by atoms with Crippen LogP contribution in [0.2, 0.25) is 0 Å². The molecule has 4 aliphatic heterocycles. The SMILES string of the molecule is Cn1ccc(NC(=O)c2cc(Oc3cc(F)ccc3C(=O)N3CCC3)c3c(c2)OC(C)(C)C3)n1.Cn1ccc(NC(=O)c2cc(Oc3ccc(C(=O)N4CCC4)c(F)c3)c3c(c2)OC(C)(C)C3)n1. The lowest BCUT2D eigenvalue weighted by Crippen LogP contribution is -2.42. The molecule has 0 aliphatic carbocycles. The third-order valence-corrected chi connectivity index (χ3v) is 11.8. The number of hydrogen-bond donors (Lipinski definition) is 2. The molecule has 10 rings (SSSR count). The minimum Gasteiger partial charge on any atom is -0.487 e. The van der Waals surface area contributed by atoms with Crippen LogP contribution in [0.5, 0.6) is 34.5 Å². The van der Waals surface area contributed by atoms with Crippen LogP contribution in [0.15, 0.2) is 85.2 Å². The van der Waals surface area contributed by atoms with Crippen molar-refractivity contribution in [2.45, 2.75) is 64.6 Å². The van der Waals surface area contributed by atoms with Gasteiger partial charge in [-0.05, 0) is 89.1 Å². The third-order valence-electron chi connectivity index (χ3n) is 11.8. The Morgan fingerprint density at radius 1 is 0.603 bits per heavy atom. The summed E-state index contributed by atoms with van der Waals surface area (Å²) >= 11 is 0. The highest BCUT2D eigenvalue weighted by Gasteiger charge is 2.36. The molecule has 0 unspecified atom stereocenters. The Bertz CT molecular complexity index is 2990. The summed E-state index contributed by atoms with van der Waals surface area (Å²) < 4.78 is 56.3. The van der Waals surface area contributed by atoms with Crippen LogP contribution in [-0.2, 0) is 26.9 Å². The maximum Gasteiger partial charge on any atom is 0.257 e. The Labute approximate surface area is 390 Å². The molecule has 0 radical (unpaired) electrons. The summed E-state index contributed by atoms with van der Waals surface area (Å²) in [5, 5.41) is 13.8. The van der Waals surface area contributed by atoms with Crippen LogP contribution in [0.3, 0.4) is 0 Å². The van der Waals surface area contributed by atoms with E-state index in [9.17, 15) is 28.0 Å². The first-order valence-corrected chi connectivity index (χ1v) is 22.2. The van der Waals surface area contributed by atoms with E-state index in [-0.39, 0.29) is 40.3 Å². The van der Waals surface area contributed by atoms with Crippen molar-refractivity contribution in [2.75, 3.05) is 36.8 Å². The van der Waals surface area contributed by atoms with Crippen molar-refractivity contribution in [1.29, 1.82) is 0 Å². The van der Waals surface area contributed by atoms with Gasteiger partial charge in [0.1, 0.15) is 57.3 Å². The highest BCUT2D eigenvalue weighted by molar-refractivity contribution is 6.05. The van der Waals surface area contributed by atoms with Crippen LogP contribution >= 0.6 is 0 Å². The number of anilines is 2. The van der Waals surface area contributed by atoms with Crippen LogP contribution in [0.25, 0.3) is 0 Å². The Hall–Kier alpha value is -7.76. The summed E-state index contributed by atoms with van der Waals surface area (Å²) in [5.41, 5.74) is 1.48. The largest absolute Gasteiger partial charge is 0.487 e. The Morgan fingerprint density at radius 3 is 1.54 bits per heavy atom. The second-order valence-electron chi connectivity index (χ2n) is 18.4. The van der Waals surface area contributed by atoms with Gasteiger partial charge in [-0.3, -0.25) is 28.5 Å². The number of benzene rings is 4. The van der Waals surface area contributed by atoms with E-state index >= 15 is 0 Å². The molecule has 18 heteroatoms. The number of amides is 4. The predicted octanol–water partition coefficient (Wildman–Crippen LogP) is 8.33. The summed E-state index contributed by atoms with van der Waals surface area (Å²) in [6.07, 6.45) is 6.42. The summed E-state index contributed by atoms with van der Waals surface area (Å²) in [6.45, 7) is 10.4. The molecule has 0 saturated carbocycles. The highest BCUT2D eigenvalue weighted by atomic mass is 19.1.